The largest absolute Gasteiger partial charge is 0.506 e. The van der Waals surface area contributed by atoms with Crippen molar-refractivity contribution in [2.24, 2.45) is 0 Å². The van der Waals surface area contributed by atoms with Crippen LogP contribution in [0.15, 0.2) is 18.2 Å². The molecule has 1 aromatic rings. The molecule has 1 aromatic carbocycles. The summed E-state index contributed by atoms with van der Waals surface area (Å²) >= 11 is 11.6. The molecule has 0 saturated carbocycles. The highest BCUT2D eigenvalue weighted by Gasteiger charge is 2.27. The minimum atomic E-state index is -0.147. The average molecular weight is 290 g/mol. The molecule has 1 fully saturated rings. The Morgan fingerprint density at radius 3 is 3.00 bits per heavy atom. The van der Waals surface area contributed by atoms with Crippen molar-refractivity contribution in [1.82, 2.24) is 4.90 Å². The molecule has 1 heterocycles. The second kappa shape index (κ2) is 5.78. The van der Waals surface area contributed by atoms with Crippen molar-refractivity contribution in [2.75, 3.05) is 25.6 Å². The molecule has 4 nitrogen and oxygen atoms in total. The van der Waals surface area contributed by atoms with Crippen LogP contribution in [0.4, 0.5) is 0 Å². The quantitative estimate of drug-likeness (QED) is 0.849. The van der Waals surface area contributed by atoms with E-state index in [-0.39, 0.29) is 22.7 Å². The van der Waals surface area contributed by atoms with Gasteiger partial charge in [0.05, 0.1) is 24.3 Å². The third-order valence-corrected chi connectivity index (χ3v) is 3.52. The van der Waals surface area contributed by atoms with E-state index in [1.807, 2.05) is 0 Å². The van der Waals surface area contributed by atoms with E-state index in [0.29, 0.717) is 31.2 Å². The van der Waals surface area contributed by atoms with Gasteiger partial charge in [0.15, 0.2) is 0 Å². The number of carbonyl (C=O) groups is 1. The topological polar surface area (TPSA) is 49.8 Å². The van der Waals surface area contributed by atoms with E-state index in [0.717, 1.165) is 0 Å². The maximum Gasteiger partial charge on any atom is 0.254 e. The number of carbonyl (C=O) groups excluding carboxylic acids is 1. The van der Waals surface area contributed by atoms with E-state index in [1.54, 1.807) is 11.0 Å². The minimum absolute atomic E-state index is 0.0379. The Hall–Kier alpha value is -0.970. The lowest BCUT2D eigenvalue weighted by atomic mass is 10.1. The van der Waals surface area contributed by atoms with Gasteiger partial charge in [-0.2, -0.15) is 0 Å². The summed E-state index contributed by atoms with van der Waals surface area (Å²) in [5.74, 6) is 0.146. The molecule has 98 valence electrons. The maximum absolute atomic E-state index is 12.3. The number of rotatable bonds is 2. The van der Waals surface area contributed by atoms with E-state index in [9.17, 15) is 9.90 Å². The van der Waals surface area contributed by atoms with E-state index in [4.69, 9.17) is 27.9 Å². The number of phenols is 1. The third kappa shape index (κ3) is 2.71. The van der Waals surface area contributed by atoms with Crippen molar-refractivity contribution >= 4 is 29.1 Å². The molecule has 0 aliphatic carbocycles. The monoisotopic (exact) mass is 289 g/mol. The van der Waals surface area contributed by atoms with E-state index in [2.05, 4.69) is 0 Å². The standard InChI is InChI=1S/C12H13Cl2NO3/c13-6-9-7-18-4-3-15(9)12(17)8-1-2-11(16)10(14)5-8/h1-2,5,9,16H,3-4,6-7H2. The molecule has 18 heavy (non-hydrogen) atoms. The fourth-order valence-electron chi connectivity index (χ4n) is 1.86. The van der Waals surface area contributed by atoms with Gasteiger partial charge in [0.25, 0.3) is 5.91 Å². The van der Waals surface area contributed by atoms with Gasteiger partial charge in [-0.1, -0.05) is 11.6 Å². The second-order valence-electron chi connectivity index (χ2n) is 4.05. The van der Waals surface area contributed by atoms with Crippen LogP contribution in [0.25, 0.3) is 0 Å². The molecular weight excluding hydrogens is 277 g/mol. The predicted octanol–water partition coefficient (Wildman–Crippen LogP) is 2.13. The summed E-state index contributed by atoms with van der Waals surface area (Å²) in [4.78, 5) is 14.0. The number of aromatic hydroxyl groups is 1. The Morgan fingerprint density at radius 2 is 2.33 bits per heavy atom. The first kappa shape index (κ1) is 13.5. The predicted molar refractivity (Wildman–Crippen MR) is 69.5 cm³/mol. The van der Waals surface area contributed by atoms with Crippen LogP contribution in [0, 0.1) is 0 Å². The first-order chi connectivity index (χ1) is 8.63. The van der Waals surface area contributed by atoms with Gasteiger partial charge in [-0.05, 0) is 18.2 Å². The first-order valence-electron chi connectivity index (χ1n) is 5.56. The highest BCUT2D eigenvalue weighted by atomic mass is 35.5. The summed E-state index contributed by atoms with van der Waals surface area (Å²) in [6.45, 7) is 1.46. The molecule has 1 aliphatic heterocycles. The summed E-state index contributed by atoms with van der Waals surface area (Å²) in [5.41, 5.74) is 0.440. The van der Waals surface area contributed by atoms with Crippen molar-refractivity contribution in [3.8, 4) is 5.75 Å². The molecule has 1 atom stereocenters. The van der Waals surface area contributed by atoms with Gasteiger partial charge in [0.2, 0.25) is 0 Å². The Kier molecular flexibility index (Phi) is 4.32. The number of ether oxygens (including phenoxy) is 1. The van der Waals surface area contributed by atoms with Crippen LogP contribution in [0.3, 0.4) is 0 Å². The SMILES string of the molecule is O=C(c1ccc(O)c(Cl)c1)N1CCOCC1CCl. The summed E-state index contributed by atoms with van der Waals surface area (Å²) < 4.78 is 5.29. The fraction of sp³-hybridized carbons (Fsp3) is 0.417. The fourth-order valence-corrected chi connectivity index (χ4v) is 2.29. The average Bonchev–Trinajstić information content (AvgIpc) is 2.41. The molecule has 1 amide bonds. The smallest absolute Gasteiger partial charge is 0.254 e. The third-order valence-electron chi connectivity index (χ3n) is 2.86. The number of benzene rings is 1. The molecule has 1 saturated heterocycles. The summed E-state index contributed by atoms with van der Waals surface area (Å²) in [5, 5.41) is 9.50. The van der Waals surface area contributed by atoms with Gasteiger partial charge in [0.1, 0.15) is 5.75 Å². The van der Waals surface area contributed by atoms with Crippen LogP contribution in [0.2, 0.25) is 5.02 Å². The number of hydrogen-bond donors (Lipinski definition) is 1. The van der Waals surface area contributed by atoms with E-state index in [1.165, 1.54) is 12.1 Å². The molecule has 6 heteroatoms. The lowest BCUT2D eigenvalue weighted by Crippen LogP contribution is -2.49. The molecule has 1 unspecified atom stereocenters. The maximum atomic E-state index is 12.3. The van der Waals surface area contributed by atoms with Crippen molar-refractivity contribution in [1.29, 1.82) is 0 Å². The number of alkyl halides is 1. The molecule has 0 spiro atoms. The molecule has 0 aromatic heterocycles. The Balaban J connectivity index is 2.21. The zero-order chi connectivity index (χ0) is 13.1. The van der Waals surface area contributed by atoms with Crippen LogP contribution in [0.1, 0.15) is 10.4 Å². The molecule has 1 aliphatic rings. The highest BCUT2D eigenvalue weighted by molar-refractivity contribution is 6.32. The zero-order valence-corrected chi connectivity index (χ0v) is 11.1. The molecule has 0 radical (unpaired) electrons. The van der Waals surface area contributed by atoms with E-state index >= 15 is 0 Å². The number of phenolic OH excluding ortho intramolecular Hbond substituents is 1. The Labute approximate surface area is 115 Å². The first-order valence-corrected chi connectivity index (χ1v) is 6.48. The van der Waals surface area contributed by atoms with Crippen molar-refractivity contribution in [3.63, 3.8) is 0 Å². The van der Waals surface area contributed by atoms with Gasteiger partial charge in [-0.15, -0.1) is 11.6 Å². The van der Waals surface area contributed by atoms with Gasteiger partial charge in [-0.3, -0.25) is 4.79 Å². The van der Waals surface area contributed by atoms with Crippen LogP contribution in [0.5, 0.6) is 5.75 Å². The number of halogens is 2. The Bertz CT molecular complexity index is 453. The van der Waals surface area contributed by atoms with Gasteiger partial charge in [-0.25, -0.2) is 0 Å². The van der Waals surface area contributed by atoms with E-state index < -0.39 is 0 Å². The van der Waals surface area contributed by atoms with Crippen molar-refractivity contribution in [3.05, 3.63) is 28.8 Å². The van der Waals surface area contributed by atoms with Crippen LogP contribution >= 0.6 is 23.2 Å². The van der Waals surface area contributed by atoms with Crippen molar-refractivity contribution in [2.45, 2.75) is 6.04 Å². The molecule has 2 rings (SSSR count). The summed E-state index contributed by atoms with van der Waals surface area (Å²) in [7, 11) is 0. The lowest BCUT2D eigenvalue weighted by Gasteiger charge is -2.34. The highest BCUT2D eigenvalue weighted by Crippen LogP contribution is 2.25. The number of nitrogens with zero attached hydrogens (tertiary/aromatic N) is 1. The minimum Gasteiger partial charge on any atom is -0.506 e. The molecule has 0 bridgehead atoms. The van der Waals surface area contributed by atoms with Gasteiger partial charge >= 0.3 is 0 Å². The van der Waals surface area contributed by atoms with Crippen LogP contribution in [-0.4, -0.2) is 47.6 Å². The molecule has 1 N–H and O–H groups in total. The zero-order valence-electron chi connectivity index (χ0n) is 9.60. The normalized spacial score (nSPS) is 19.9. The Morgan fingerprint density at radius 1 is 1.56 bits per heavy atom. The number of morpholine rings is 1. The van der Waals surface area contributed by atoms with Gasteiger partial charge in [0, 0.05) is 18.0 Å². The lowest BCUT2D eigenvalue weighted by molar-refractivity contribution is 0.00456. The van der Waals surface area contributed by atoms with Crippen LogP contribution in [-0.2, 0) is 4.74 Å². The summed E-state index contributed by atoms with van der Waals surface area (Å²) in [6, 6.07) is 4.29. The molecular formula is C12H13Cl2NO3. The second-order valence-corrected chi connectivity index (χ2v) is 4.76. The van der Waals surface area contributed by atoms with Crippen molar-refractivity contribution < 1.29 is 14.6 Å². The van der Waals surface area contributed by atoms with Gasteiger partial charge < -0.3 is 14.7 Å². The number of amides is 1. The number of hydrogen-bond acceptors (Lipinski definition) is 3. The van der Waals surface area contributed by atoms with Crippen LogP contribution < -0.4 is 0 Å². The summed E-state index contributed by atoms with van der Waals surface area (Å²) in [6.07, 6.45) is 0.